The van der Waals surface area contributed by atoms with E-state index in [0.717, 1.165) is 18.5 Å². The second-order valence-electron chi connectivity index (χ2n) is 5.76. The highest BCUT2D eigenvalue weighted by Gasteiger charge is 2.20. The molecule has 0 saturated heterocycles. The van der Waals surface area contributed by atoms with Gasteiger partial charge in [-0.05, 0) is 12.8 Å². The first-order valence-corrected chi connectivity index (χ1v) is 7.84. The maximum Gasteiger partial charge on any atom is 0.232 e. The number of aromatic nitrogens is 6. The molecule has 0 spiro atoms. The number of nitrogens with one attached hydrogen (secondary N) is 1. The fourth-order valence-electron chi connectivity index (χ4n) is 3.10. The molecule has 1 fully saturated rings. The molecule has 0 atom stereocenters. The van der Waals surface area contributed by atoms with Gasteiger partial charge >= 0.3 is 0 Å². The number of hydrogen-bond donors (Lipinski definition) is 2. The van der Waals surface area contributed by atoms with Gasteiger partial charge in [0.15, 0.2) is 17.3 Å². The summed E-state index contributed by atoms with van der Waals surface area (Å²) in [6.45, 7) is 0. The average Bonchev–Trinajstić information content (AvgIpc) is 3.01. The van der Waals surface area contributed by atoms with Crippen LogP contribution in [0, 0.1) is 0 Å². The van der Waals surface area contributed by atoms with Crippen LogP contribution >= 0.6 is 0 Å². The summed E-state index contributed by atoms with van der Waals surface area (Å²) in [7, 11) is 0. The minimum atomic E-state index is 0.371. The normalized spacial score (nSPS) is 15.8. The number of rotatable bonds is 3. The van der Waals surface area contributed by atoms with E-state index in [1.807, 2.05) is 6.33 Å². The quantitative estimate of drug-likeness (QED) is 0.765. The Hall–Kier alpha value is -2.77. The Morgan fingerprint density at radius 2 is 1.96 bits per heavy atom. The average molecular weight is 310 g/mol. The number of anilines is 3. The molecule has 0 aromatic carbocycles. The lowest BCUT2D eigenvalue weighted by Crippen LogP contribution is -2.13. The smallest absolute Gasteiger partial charge is 0.232 e. The molecule has 23 heavy (non-hydrogen) atoms. The molecule has 1 saturated carbocycles. The van der Waals surface area contributed by atoms with Crippen molar-refractivity contribution in [2.24, 2.45) is 0 Å². The van der Waals surface area contributed by atoms with E-state index in [-0.39, 0.29) is 0 Å². The van der Waals surface area contributed by atoms with Crippen molar-refractivity contribution < 1.29 is 0 Å². The molecule has 1 aliphatic rings. The van der Waals surface area contributed by atoms with Gasteiger partial charge in [0.05, 0.1) is 12.5 Å². The number of nitrogen functional groups attached to an aromatic ring is 1. The topological polar surface area (TPSA) is 107 Å². The van der Waals surface area contributed by atoms with Crippen molar-refractivity contribution in [1.82, 2.24) is 29.5 Å². The van der Waals surface area contributed by atoms with E-state index in [4.69, 9.17) is 5.73 Å². The van der Waals surface area contributed by atoms with Crippen LogP contribution in [0.1, 0.15) is 38.1 Å². The largest absolute Gasteiger partial charge is 0.382 e. The van der Waals surface area contributed by atoms with Crippen LogP contribution in [0.5, 0.6) is 0 Å². The summed E-state index contributed by atoms with van der Waals surface area (Å²) >= 11 is 0. The highest BCUT2D eigenvalue weighted by Crippen LogP contribution is 2.31. The van der Waals surface area contributed by atoms with Gasteiger partial charge in [-0.2, -0.15) is 9.97 Å². The van der Waals surface area contributed by atoms with Crippen LogP contribution < -0.4 is 11.1 Å². The van der Waals surface area contributed by atoms with Gasteiger partial charge in [0.25, 0.3) is 0 Å². The maximum absolute atomic E-state index is 6.05. The summed E-state index contributed by atoms with van der Waals surface area (Å²) in [5, 5.41) is 3.04. The van der Waals surface area contributed by atoms with E-state index in [2.05, 4.69) is 34.8 Å². The van der Waals surface area contributed by atoms with Gasteiger partial charge in [0.2, 0.25) is 5.95 Å². The van der Waals surface area contributed by atoms with Gasteiger partial charge in [-0.1, -0.05) is 19.3 Å². The van der Waals surface area contributed by atoms with E-state index in [1.165, 1.54) is 19.3 Å². The number of nitrogens with zero attached hydrogens (tertiary/aromatic N) is 6. The Morgan fingerprint density at radius 3 is 2.74 bits per heavy atom. The number of fused-ring (bicyclic) bond motifs is 1. The second kappa shape index (κ2) is 5.79. The molecule has 3 N–H and O–H groups in total. The Balaban J connectivity index is 1.72. The summed E-state index contributed by atoms with van der Waals surface area (Å²) in [4.78, 5) is 21.4. The SMILES string of the molecule is Nc1nc(Nc2cnccn2)nc2c1ncn2C1CCCCC1. The lowest BCUT2D eigenvalue weighted by Gasteiger charge is -2.23. The third-order valence-corrected chi connectivity index (χ3v) is 4.22. The predicted molar refractivity (Wildman–Crippen MR) is 87.2 cm³/mol. The van der Waals surface area contributed by atoms with Crippen molar-refractivity contribution in [3.05, 3.63) is 24.9 Å². The van der Waals surface area contributed by atoms with Crippen LogP contribution in [0.3, 0.4) is 0 Å². The molecule has 8 nitrogen and oxygen atoms in total. The Morgan fingerprint density at radius 1 is 1.09 bits per heavy atom. The van der Waals surface area contributed by atoms with E-state index in [9.17, 15) is 0 Å². The standard InChI is InChI=1S/C15H18N8/c16-13-12-14(23(9-19-12)10-4-2-1-3-5-10)22-15(21-13)20-11-8-17-6-7-18-11/h6-10H,1-5H2,(H3,16,18,20,21,22). The molecule has 1 aliphatic carbocycles. The van der Waals surface area contributed by atoms with E-state index in [1.54, 1.807) is 18.6 Å². The van der Waals surface area contributed by atoms with Crippen molar-refractivity contribution in [3.8, 4) is 0 Å². The third-order valence-electron chi connectivity index (χ3n) is 4.22. The first-order chi connectivity index (χ1) is 11.3. The highest BCUT2D eigenvalue weighted by atomic mass is 15.2. The fraction of sp³-hybridized carbons (Fsp3) is 0.400. The monoisotopic (exact) mass is 310 g/mol. The van der Waals surface area contributed by atoms with Crippen molar-refractivity contribution >= 4 is 28.7 Å². The molecule has 3 aromatic heterocycles. The van der Waals surface area contributed by atoms with E-state index in [0.29, 0.717) is 29.1 Å². The molecular weight excluding hydrogens is 292 g/mol. The summed E-state index contributed by atoms with van der Waals surface area (Å²) < 4.78 is 2.13. The van der Waals surface area contributed by atoms with Gasteiger partial charge in [-0.3, -0.25) is 4.98 Å². The second-order valence-corrected chi connectivity index (χ2v) is 5.76. The third kappa shape index (κ3) is 2.67. The van der Waals surface area contributed by atoms with Crippen LogP contribution in [0.15, 0.2) is 24.9 Å². The Labute approximate surface area is 133 Å². The van der Waals surface area contributed by atoms with Crippen LogP contribution in [0.25, 0.3) is 11.2 Å². The van der Waals surface area contributed by atoms with E-state index < -0.39 is 0 Å². The first-order valence-electron chi connectivity index (χ1n) is 7.84. The summed E-state index contributed by atoms with van der Waals surface area (Å²) in [5.74, 6) is 1.36. The molecule has 0 aliphatic heterocycles. The van der Waals surface area contributed by atoms with E-state index >= 15 is 0 Å². The molecule has 118 valence electrons. The minimum absolute atomic E-state index is 0.371. The Kier molecular flexibility index (Phi) is 3.49. The summed E-state index contributed by atoms with van der Waals surface area (Å²) in [6, 6.07) is 0.437. The van der Waals surface area contributed by atoms with Gasteiger partial charge in [0, 0.05) is 18.4 Å². The van der Waals surface area contributed by atoms with Crippen molar-refractivity contribution in [3.63, 3.8) is 0 Å². The molecule has 0 radical (unpaired) electrons. The zero-order chi connectivity index (χ0) is 15.6. The van der Waals surface area contributed by atoms with Gasteiger partial charge in [0.1, 0.15) is 5.52 Å². The maximum atomic E-state index is 6.05. The summed E-state index contributed by atoms with van der Waals surface area (Å²) in [5.41, 5.74) is 7.48. The van der Waals surface area contributed by atoms with Crippen molar-refractivity contribution in [2.45, 2.75) is 38.1 Å². The van der Waals surface area contributed by atoms with Gasteiger partial charge < -0.3 is 15.6 Å². The molecule has 8 heteroatoms. The van der Waals surface area contributed by atoms with Gasteiger partial charge in [-0.25, -0.2) is 9.97 Å². The number of hydrogen-bond acceptors (Lipinski definition) is 7. The molecule has 0 amide bonds. The van der Waals surface area contributed by atoms with Crippen LogP contribution in [-0.2, 0) is 0 Å². The zero-order valence-electron chi connectivity index (χ0n) is 12.7. The highest BCUT2D eigenvalue weighted by molar-refractivity contribution is 5.83. The molecule has 4 rings (SSSR count). The zero-order valence-corrected chi connectivity index (χ0v) is 12.7. The molecular formula is C15H18N8. The van der Waals surface area contributed by atoms with Gasteiger partial charge in [-0.15, -0.1) is 0 Å². The lowest BCUT2D eigenvalue weighted by molar-refractivity contribution is 0.358. The van der Waals surface area contributed by atoms with Crippen molar-refractivity contribution in [1.29, 1.82) is 0 Å². The molecule has 3 aromatic rings. The van der Waals surface area contributed by atoms with Crippen LogP contribution in [-0.4, -0.2) is 29.5 Å². The van der Waals surface area contributed by atoms with Crippen LogP contribution in [0.2, 0.25) is 0 Å². The number of nitrogens with two attached hydrogens (primary N) is 1. The molecule has 0 unspecified atom stereocenters. The summed E-state index contributed by atoms with van der Waals surface area (Å²) in [6.07, 6.45) is 12.8. The Bertz CT molecular complexity index is 807. The first kappa shape index (κ1) is 13.9. The van der Waals surface area contributed by atoms with Crippen LogP contribution in [0.4, 0.5) is 17.6 Å². The molecule has 0 bridgehead atoms. The minimum Gasteiger partial charge on any atom is -0.382 e. The number of imidazole rings is 1. The predicted octanol–water partition coefficient (Wildman–Crippen LogP) is 2.45. The lowest BCUT2D eigenvalue weighted by atomic mass is 9.95. The van der Waals surface area contributed by atoms with Crippen molar-refractivity contribution in [2.75, 3.05) is 11.1 Å². The fourth-order valence-corrected chi connectivity index (χ4v) is 3.10. The molecule has 3 heterocycles.